The Morgan fingerprint density at radius 2 is 2.22 bits per heavy atom. The quantitative estimate of drug-likeness (QED) is 0.839. The predicted molar refractivity (Wildman–Crippen MR) is 73.1 cm³/mol. The number of hydrogen-bond donors (Lipinski definition) is 2. The first-order chi connectivity index (χ1) is 8.72. The van der Waals surface area contributed by atoms with Crippen molar-refractivity contribution in [2.75, 3.05) is 29.9 Å². The van der Waals surface area contributed by atoms with Crippen LogP contribution in [0.2, 0.25) is 0 Å². The molecule has 0 bridgehead atoms. The number of hydrogen-bond acceptors (Lipinski definition) is 5. The van der Waals surface area contributed by atoms with Crippen LogP contribution in [0.15, 0.2) is 6.07 Å². The Morgan fingerprint density at radius 3 is 2.94 bits per heavy atom. The zero-order valence-electron chi connectivity index (χ0n) is 11.1. The van der Waals surface area contributed by atoms with Crippen molar-refractivity contribution in [1.29, 1.82) is 0 Å². The van der Waals surface area contributed by atoms with Crippen molar-refractivity contribution in [3.63, 3.8) is 0 Å². The van der Waals surface area contributed by atoms with Gasteiger partial charge in [-0.05, 0) is 26.7 Å². The molecule has 98 valence electrons. The van der Waals surface area contributed by atoms with Gasteiger partial charge in [-0.1, -0.05) is 0 Å². The van der Waals surface area contributed by atoms with Crippen molar-refractivity contribution in [3.8, 4) is 0 Å². The van der Waals surface area contributed by atoms with Gasteiger partial charge in [-0.15, -0.1) is 0 Å². The van der Waals surface area contributed by atoms with E-state index in [4.69, 9.17) is 0 Å². The zero-order chi connectivity index (χ0) is 12.5. The molecule has 2 aliphatic rings. The summed E-state index contributed by atoms with van der Waals surface area (Å²) < 4.78 is 0. The van der Waals surface area contributed by atoms with E-state index in [0.717, 1.165) is 37.1 Å². The Labute approximate surface area is 108 Å². The summed E-state index contributed by atoms with van der Waals surface area (Å²) in [5.41, 5.74) is 0. The minimum absolute atomic E-state index is 0.488. The van der Waals surface area contributed by atoms with Gasteiger partial charge in [0.1, 0.15) is 17.5 Å². The van der Waals surface area contributed by atoms with Crippen LogP contribution in [0.1, 0.15) is 25.6 Å². The average Bonchev–Trinajstić information content (AvgIpc) is 3.12. The molecule has 1 saturated carbocycles. The Hall–Kier alpha value is -1.36. The molecule has 2 fully saturated rings. The average molecular weight is 247 g/mol. The van der Waals surface area contributed by atoms with E-state index < -0.39 is 0 Å². The van der Waals surface area contributed by atoms with Gasteiger partial charge in [0.2, 0.25) is 0 Å². The van der Waals surface area contributed by atoms with Gasteiger partial charge in [-0.2, -0.15) is 0 Å². The van der Waals surface area contributed by atoms with Crippen LogP contribution in [0, 0.1) is 6.92 Å². The van der Waals surface area contributed by atoms with Gasteiger partial charge in [0.05, 0.1) is 0 Å². The van der Waals surface area contributed by atoms with Crippen LogP contribution in [0.4, 0.5) is 11.6 Å². The lowest BCUT2D eigenvalue weighted by molar-refractivity contribution is 0.496. The third-order valence-electron chi connectivity index (χ3n) is 3.55. The van der Waals surface area contributed by atoms with E-state index in [9.17, 15) is 0 Å². The summed E-state index contributed by atoms with van der Waals surface area (Å²) in [4.78, 5) is 11.4. The number of nitrogens with one attached hydrogen (secondary N) is 2. The molecule has 18 heavy (non-hydrogen) atoms. The maximum absolute atomic E-state index is 4.58. The molecule has 1 unspecified atom stereocenters. The SMILES string of the molecule is Cc1nc(NC2CC2)cc(N2CCNCC2C)n1. The van der Waals surface area contributed by atoms with Crippen LogP contribution in [-0.4, -0.2) is 41.7 Å². The van der Waals surface area contributed by atoms with E-state index in [1.54, 1.807) is 0 Å². The van der Waals surface area contributed by atoms with Gasteiger partial charge in [0.25, 0.3) is 0 Å². The topological polar surface area (TPSA) is 53.1 Å². The standard InChI is InChI=1S/C13H21N5/c1-9-8-14-5-6-18(9)13-7-12(15-10(2)16-13)17-11-3-4-11/h7,9,11,14H,3-6,8H2,1-2H3,(H,15,16,17). The van der Waals surface area contributed by atoms with Gasteiger partial charge in [-0.25, -0.2) is 9.97 Å². The van der Waals surface area contributed by atoms with Crippen LogP contribution < -0.4 is 15.5 Å². The molecule has 1 saturated heterocycles. The molecule has 1 aliphatic carbocycles. The third kappa shape index (κ3) is 2.56. The van der Waals surface area contributed by atoms with Gasteiger partial charge in [0, 0.05) is 37.8 Å². The van der Waals surface area contributed by atoms with Crippen LogP contribution >= 0.6 is 0 Å². The fourth-order valence-corrected chi connectivity index (χ4v) is 2.39. The molecule has 5 heteroatoms. The lowest BCUT2D eigenvalue weighted by Crippen LogP contribution is -2.50. The van der Waals surface area contributed by atoms with Crippen LogP contribution in [0.5, 0.6) is 0 Å². The van der Waals surface area contributed by atoms with Crippen molar-refractivity contribution in [2.24, 2.45) is 0 Å². The first-order valence-electron chi connectivity index (χ1n) is 6.82. The Morgan fingerprint density at radius 1 is 1.39 bits per heavy atom. The fraction of sp³-hybridized carbons (Fsp3) is 0.692. The highest BCUT2D eigenvalue weighted by molar-refractivity contribution is 5.51. The summed E-state index contributed by atoms with van der Waals surface area (Å²) >= 11 is 0. The molecule has 0 spiro atoms. The van der Waals surface area contributed by atoms with Gasteiger partial charge < -0.3 is 15.5 Å². The summed E-state index contributed by atoms with van der Waals surface area (Å²) in [6.45, 7) is 7.26. The van der Waals surface area contributed by atoms with E-state index in [1.807, 2.05) is 6.92 Å². The molecule has 0 amide bonds. The van der Waals surface area contributed by atoms with Gasteiger partial charge in [0.15, 0.2) is 0 Å². The number of anilines is 2. The van der Waals surface area contributed by atoms with Crippen molar-refractivity contribution in [3.05, 3.63) is 11.9 Å². The summed E-state index contributed by atoms with van der Waals surface area (Å²) in [5.74, 6) is 2.88. The highest BCUT2D eigenvalue weighted by Crippen LogP contribution is 2.26. The molecular formula is C13H21N5. The molecule has 5 nitrogen and oxygen atoms in total. The normalized spacial score (nSPS) is 24.1. The molecule has 1 aromatic heterocycles. The maximum atomic E-state index is 4.58. The first kappa shape index (κ1) is 11.7. The fourth-order valence-electron chi connectivity index (χ4n) is 2.39. The van der Waals surface area contributed by atoms with Crippen LogP contribution in [-0.2, 0) is 0 Å². The third-order valence-corrected chi connectivity index (χ3v) is 3.55. The monoisotopic (exact) mass is 247 g/mol. The second kappa shape index (κ2) is 4.72. The van der Waals surface area contributed by atoms with E-state index in [-0.39, 0.29) is 0 Å². The maximum Gasteiger partial charge on any atom is 0.134 e. The second-order valence-electron chi connectivity index (χ2n) is 5.32. The van der Waals surface area contributed by atoms with Crippen molar-refractivity contribution < 1.29 is 0 Å². The molecule has 1 aliphatic heterocycles. The van der Waals surface area contributed by atoms with Crippen molar-refractivity contribution in [1.82, 2.24) is 15.3 Å². The van der Waals surface area contributed by atoms with Gasteiger partial charge in [-0.3, -0.25) is 0 Å². The summed E-state index contributed by atoms with van der Waals surface area (Å²) in [5, 5.41) is 6.86. The summed E-state index contributed by atoms with van der Waals surface area (Å²) in [6.07, 6.45) is 2.53. The van der Waals surface area contributed by atoms with Crippen LogP contribution in [0.3, 0.4) is 0 Å². The molecule has 1 atom stereocenters. The number of nitrogens with zero attached hydrogens (tertiary/aromatic N) is 3. The Bertz CT molecular complexity index is 429. The minimum atomic E-state index is 0.488. The number of rotatable bonds is 3. The molecular weight excluding hydrogens is 226 g/mol. The molecule has 3 rings (SSSR count). The van der Waals surface area contributed by atoms with Gasteiger partial charge >= 0.3 is 0 Å². The lowest BCUT2D eigenvalue weighted by atomic mass is 10.2. The lowest BCUT2D eigenvalue weighted by Gasteiger charge is -2.35. The zero-order valence-corrected chi connectivity index (χ0v) is 11.1. The molecule has 1 aromatic rings. The molecule has 2 N–H and O–H groups in total. The molecule has 0 aromatic carbocycles. The smallest absolute Gasteiger partial charge is 0.134 e. The van der Waals surface area contributed by atoms with E-state index in [1.165, 1.54) is 12.8 Å². The van der Waals surface area contributed by atoms with E-state index in [2.05, 4.69) is 38.5 Å². The first-order valence-corrected chi connectivity index (χ1v) is 6.82. The largest absolute Gasteiger partial charge is 0.367 e. The number of aromatic nitrogens is 2. The highest BCUT2D eigenvalue weighted by Gasteiger charge is 2.23. The Balaban J connectivity index is 1.82. The highest BCUT2D eigenvalue weighted by atomic mass is 15.3. The van der Waals surface area contributed by atoms with Crippen molar-refractivity contribution >= 4 is 11.6 Å². The Kier molecular flexibility index (Phi) is 3.07. The molecule has 0 radical (unpaired) electrons. The predicted octanol–water partition coefficient (Wildman–Crippen LogP) is 1.16. The summed E-state index contributed by atoms with van der Waals surface area (Å²) in [6, 6.07) is 3.21. The van der Waals surface area contributed by atoms with E-state index in [0.29, 0.717) is 12.1 Å². The van der Waals surface area contributed by atoms with E-state index >= 15 is 0 Å². The van der Waals surface area contributed by atoms with Crippen molar-refractivity contribution in [2.45, 2.75) is 38.8 Å². The summed E-state index contributed by atoms with van der Waals surface area (Å²) in [7, 11) is 0. The number of aryl methyl sites for hydroxylation is 1. The second-order valence-corrected chi connectivity index (χ2v) is 5.32. The minimum Gasteiger partial charge on any atom is -0.367 e. The van der Waals surface area contributed by atoms with Crippen LogP contribution in [0.25, 0.3) is 0 Å². The number of piperazine rings is 1. The molecule has 2 heterocycles.